The Labute approximate surface area is 101 Å². The Kier molecular flexibility index (Phi) is 3.09. The molecule has 3 heteroatoms. The van der Waals surface area contributed by atoms with E-state index < -0.39 is 5.97 Å². The van der Waals surface area contributed by atoms with Crippen LogP contribution >= 0.6 is 0 Å². The van der Waals surface area contributed by atoms with Crippen LogP contribution in [0.25, 0.3) is 0 Å². The summed E-state index contributed by atoms with van der Waals surface area (Å²) in [5.74, 6) is 0.681. The molecule has 17 heavy (non-hydrogen) atoms. The summed E-state index contributed by atoms with van der Waals surface area (Å²) in [5, 5.41) is 8.97. The van der Waals surface area contributed by atoms with Crippen molar-refractivity contribution >= 4 is 5.97 Å². The molecule has 1 N–H and O–H groups in total. The smallest absolute Gasteiger partial charge is 0.303 e. The first-order valence-corrected chi connectivity index (χ1v) is 5.93. The third-order valence-corrected chi connectivity index (χ3v) is 3.65. The molecule has 0 amide bonds. The van der Waals surface area contributed by atoms with Crippen molar-refractivity contribution in [2.45, 2.75) is 38.5 Å². The molecule has 2 rings (SSSR count). The molecule has 2 unspecified atom stereocenters. The van der Waals surface area contributed by atoms with Crippen LogP contribution in [0.1, 0.15) is 48.3 Å². The van der Waals surface area contributed by atoms with Crippen molar-refractivity contribution in [1.82, 2.24) is 0 Å². The second kappa shape index (κ2) is 4.40. The van der Waals surface area contributed by atoms with Gasteiger partial charge in [-0.25, -0.2) is 0 Å². The molecule has 1 aliphatic carbocycles. The molecule has 3 nitrogen and oxygen atoms in total. The standard InChI is InChI=1S/C14H18O3/c1-8-4-5-11(17-3)14-9(2)6-10(13(8)14)7-12(15)16/h4-5,9-10H,6-7H2,1-3H3,(H,15,16). The van der Waals surface area contributed by atoms with Crippen LogP contribution in [0.2, 0.25) is 0 Å². The SMILES string of the molecule is COc1ccc(C)c2c1C(C)CC2CC(=O)O. The highest BCUT2D eigenvalue weighted by atomic mass is 16.5. The summed E-state index contributed by atoms with van der Waals surface area (Å²) in [7, 11) is 1.67. The monoisotopic (exact) mass is 234 g/mol. The molecular formula is C14H18O3. The van der Waals surface area contributed by atoms with Gasteiger partial charge in [-0.1, -0.05) is 13.0 Å². The highest BCUT2D eigenvalue weighted by molar-refractivity contribution is 5.69. The van der Waals surface area contributed by atoms with E-state index in [0.717, 1.165) is 12.2 Å². The number of aryl methyl sites for hydroxylation is 1. The van der Waals surface area contributed by atoms with E-state index in [0.29, 0.717) is 5.92 Å². The van der Waals surface area contributed by atoms with Crippen LogP contribution in [0.5, 0.6) is 5.75 Å². The van der Waals surface area contributed by atoms with Gasteiger partial charge in [0.15, 0.2) is 0 Å². The van der Waals surface area contributed by atoms with Gasteiger partial charge < -0.3 is 9.84 Å². The van der Waals surface area contributed by atoms with Crippen LogP contribution in [-0.2, 0) is 4.79 Å². The molecule has 1 aliphatic rings. The Morgan fingerprint density at radius 3 is 2.76 bits per heavy atom. The first kappa shape index (κ1) is 12.0. The van der Waals surface area contributed by atoms with Crippen LogP contribution in [0.15, 0.2) is 12.1 Å². The summed E-state index contributed by atoms with van der Waals surface area (Å²) < 4.78 is 5.39. The van der Waals surface area contributed by atoms with Crippen LogP contribution in [0.3, 0.4) is 0 Å². The summed E-state index contributed by atoms with van der Waals surface area (Å²) in [5.41, 5.74) is 3.58. The highest BCUT2D eigenvalue weighted by Crippen LogP contribution is 2.48. The van der Waals surface area contributed by atoms with Gasteiger partial charge in [0.2, 0.25) is 0 Å². The van der Waals surface area contributed by atoms with Crippen LogP contribution in [0, 0.1) is 6.92 Å². The van der Waals surface area contributed by atoms with Crippen LogP contribution < -0.4 is 4.74 Å². The van der Waals surface area contributed by atoms with Crippen molar-refractivity contribution in [3.05, 3.63) is 28.8 Å². The second-order valence-electron chi connectivity index (χ2n) is 4.84. The predicted octanol–water partition coefficient (Wildman–Crippen LogP) is 3.07. The van der Waals surface area contributed by atoms with Crippen molar-refractivity contribution in [3.8, 4) is 5.75 Å². The van der Waals surface area contributed by atoms with E-state index in [1.165, 1.54) is 16.7 Å². The maximum absolute atomic E-state index is 10.9. The largest absolute Gasteiger partial charge is 0.496 e. The van der Waals surface area contributed by atoms with Crippen LogP contribution in [0.4, 0.5) is 0 Å². The Bertz CT molecular complexity index is 451. The number of aliphatic carboxylic acids is 1. The molecule has 1 aromatic carbocycles. The normalized spacial score (nSPS) is 22.3. The molecule has 0 bridgehead atoms. The van der Waals surface area contributed by atoms with Crippen LogP contribution in [-0.4, -0.2) is 18.2 Å². The van der Waals surface area contributed by atoms with E-state index >= 15 is 0 Å². The van der Waals surface area contributed by atoms with E-state index in [-0.39, 0.29) is 12.3 Å². The van der Waals surface area contributed by atoms with Gasteiger partial charge in [0.1, 0.15) is 5.75 Å². The minimum Gasteiger partial charge on any atom is -0.496 e. The van der Waals surface area contributed by atoms with Crippen molar-refractivity contribution < 1.29 is 14.6 Å². The zero-order valence-electron chi connectivity index (χ0n) is 10.5. The lowest BCUT2D eigenvalue weighted by molar-refractivity contribution is -0.137. The zero-order valence-corrected chi connectivity index (χ0v) is 10.5. The maximum Gasteiger partial charge on any atom is 0.303 e. The second-order valence-corrected chi connectivity index (χ2v) is 4.84. The van der Waals surface area contributed by atoms with E-state index in [4.69, 9.17) is 9.84 Å². The minimum absolute atomic E-state index is 0.132. The molecule has 0 saturated heterocycles. The first-order valence-electron chi connectivity index (χ1n) is 5.93. The number of fused-ring (bicyclic) bond motifs is 1. The molecule has 2 atom stereocenters. The molecule has 92 valence electrons. The topological polar surface area (TPSA) is 46.5 Å². The lowest BCUT2D eigenvalue weighted by Gasteiger charge is -2.14. The lowest BCUT2D eigenvalue weighted by atomic mass is 9.93. The number of hydrogen-bond acceptors (Lipinski definition) is 2. The molecule has 1 aromatic rings. The van der Waals surface area contributed by atoms with Gasteiger partial charge in [0, 0.05) is 5.56 Å². The fourth-order valence-corrected chi connectivity index (χ4v) is 3.01. The van der Waals surface area contributed by atoms with E-state index in [2.05, 4.69) is 6.92 Å². The predicted molar refractivity (Wildman–Crippen MR) is 65.8 cm³/mol. The number of carboxylic acids is 1. The average Bonchev–Trinajstić information content (AvgIpc) is 2.57. The van der Waals surface area contributed by atoms with Gasteiger partial charge >= 0.3 is 5.97 Å². The number of rotatable bonds is 3. The summed E-state index contributed by atoms with van der Waals surface area (Å²) in [6.45, 7) is 4.19. The summed E-state index contributed by atoms with van der Waals surface area (Å²) >= 11 is 0. The van der Waals surface area contributed by atoms with E-state index in [1.54, 1.807) is 7.11 Å². The molecule has 0 heterocycles. The molecular weight excluding hydrogens is 216 g/mol. The fraction of sp³-hybridized carbons (Fsp3) is 0.500. The number of methoxy groups -OCH3 is 1. The van der Waals surface area contributed by atoms with Crippen molar-refractivity contribution in [2.75, 3.05) is 7.11 Å². The van der Waals surface area contributed by atoms with Crippen molar-refractivity contribution in [1.29, 1.82) is 0 Å². The average molecular weight is 234 g/mol. The molecule has 0 aromatic heterocycles. The maximum atomic E-state index is 10.9. The minimum atomic E-state index is -0.725. The van der Waals surface area contributed by atoms with Gasteiger partial charge in [0.25, 0.3) is 0 Å². The van der Waals surface area contributed by atoms with E-state index in [1.807, 2.05) is 19.1 Å². The summed E-state index contributed by atoms with van der Waals surface area (Å²) in [6, 6.07) is 4.00. The number of carbonyl (C=O) groups is 1. The third-order valence-electron chi connectivity index (χ3n) is 3.65. The molecule has 0 aliphatic heterocycles. The van der Waals surface area contributed by atoms with Crippen molar-refractivity contribution in [2.24, 2.45) is 0 Å². The third kappa shape index (κ3) is 2.02. The first-order chi connectivity index (χ1) is 8.04. The molecule has 0 radical (unpaired) electrons. The molecule has 0 saturated carbocycles. The Balaban J connectivity index is 2.49. The summed E-state index contributed by atoms with van der Waals surface area (Å²) in [6.07, 6.45) is 1.12. The van der Waals surface area contributed by atoms with Gasteiger partial charge in [0.05, 0.1) is 13.5 Å². The number of benzene rings is 1. The van der Waals surface area contributed by atoms with Gasteiger partial charge in [-0.3, -0.25) is 4.79 Å². The lowest BCUT2D eigenvalue weighted by Crippen LogP contribution is -2.04. The van der Waals surface area contributed by atoms with Gasteiger partial charge in [-0.05, 0) is 42.4 Å². The summed E-state index contributed by atoms with van der Waals surface area (Å²) in [4.78, 5) is 10.9. The Hall–Kier alpha value is -1.51. The van der Waals surface area contributed by atoms with Gasteiger partial charge in [-0.2, -0.15) is 0 Å². The van der Waals surface area contributed by atoms with Crippen molar-refractivity contribution in [3.63, 3.8) is 0 Å². The molecule has 0 spiro atoms. The van der Waals surface area contributed by atoms with E-state index in [9.17, 15) is 4.79 Å². The Morgan fingerprint density at radius 2 is 2.18 bits per heavy atom. The fourth-order valence-electron chi connectivity index (χ4n) is 3.01. The molecule has 0 fully saturated rings. The highest BCUT2D eigenvalue weighted by Gasteiger charge is 2.33. The number of carboxylic acid groups (broad SMARTS) is 1. The number of hydrogen-bond donors (Lipinski definition) is 1. The zero-order chi connectivity index (χ0) is 12.6. The van der Waals surface area contributed by atoms with Gasteiger partial charge in [-0.15, -0.1) is 0 Å². The number of ether oxygens (including phenoxy) is 1. The Morgan fingerprint density at radius 1 is 1.47 bits per heavy atom. The quantitative estimate of drug-likeness (QED) is 0.874.